The lowest BCUT2D eigenvalue weighted by Gasteiger charge is -2.17. The van der Waals surface area contributed by atoms with Crippen molar-refractivity contribution in [3.63, 3.8) is 0 Å². The van der Waals surface area contributed by atoms with Crippen LogP contribution in [0, 0.1) is 0 Å². The van der Waals surface area contributed by atoms with Gasteiger partial charge in [0.05, 0.1) is 11.4 Å². The summed E-state index contributed by atoms with van der Waals surface area (Å²) in [6, 6.07) is 23.6. The van der Waals surface area contributed by atoms with E-state index in [0.29, 0.717) is 30.8 Å². The van der Waals surface area contributed by atoms with Crippen LogP contribution in [0.5, 0.6) is 0 Å². The average Bonchev–Trinajstić information content (AvgIpc) is 3.52. The summed E-state index contributed by atoms with van der Waals surface area (Å²) in [6.45, 7) is 4.27. The van der Waals surface area contributed by atoms with E-state index in [1.54, 1.807) is 24.3 Å². The first-order chi connectivity index (χ1) is 17.0. The molecule has 2 aliphatic rings. The van der Waals surface area contributed by atoms with Crippen LogP contribution in [0.1, 0.15) is 40.7 Å². The van der Waals surface area contributed by atoms with E-state index in [4.69, 9.17) is 0 Å². The highest BCUT2D eigenvalue weighted by atomic mass is 32.2. The summed E-state index contributed by atoms with van der Waals surface area (Å²) in [4.78, 5) is 15.3. The maximum atomic E-state index is 12.8. The van der Waals surface area contributed by atoms with Crippen molar-refractivity contribution in [3.8, 4) is 11.1 Å². The van der Waals surface area contributed by atoms with Crippen LogP contribution in [-0.4, -0.2) is 44.6 Å². The molecule has 182 valence electrons. The Morgan fingerprint density at radius 1 is 0.829 bits per heavy atom. The van der Waals surface area contributed by atoms with Crippen LogP contribution in [0.3, 0.4) is 0 Å². The zero-order chi connectivity index (χ0) is 24.3. The van der Waals surface area contributed by atoms with Gasteiger partial charge in [-0.3, -0.25) is 14.0 Å². The fourth-order valence-corrected chi connectivity index (χ4v) is 6.50. The number of nitrogens with one attached hydrogen (secondary N) is 1. The van der Waals surface area contributed by atoms with E-state index in [1.807, 2.05) is 18.2 Å². The molecular formula is C28H31N3O3S. The SMILES string of the molecule is O=C(NCc1ccccc1-c1ccc(CN2CCCC2)cc1)c1ccc(N2CCCS2(=O)=O)cc1. The third-order valence-corrected chi connectivity index (χ3v) is 8.71. The van der Waals surface area contributed by atoms with Crippen molar-refractivity contribution >= 4 is 21.6 Å². The highest BCUT2D eigenvalue weighted by Gasteiger charge is 2.28. The standard InChI is InChI=1S/C28H31N3O3S/c32-28(24-12-14-26(15-13-24)31-18-5-19-35(31,33)34)29-20-25-6-1-2-7-27(25)23-10-8-22(9-11-23)21-30-16-3-4-17-30/h1-2,6-15H,3-5,16-21H2,(H,29,32). The zero-order valence-corrected chi connectivity index (χ0v) is 20.6. The molecule has 0 aliphatic carbocycles. The summed E-state index contributed by atoms with van der Waals surface area (Å²) in [7, 11) is -3.23. The van der Waals surface area contributed by atoms with Crippen molar-refractivity contribution < 1.29 is 13.2 Å². The first-order valence-corrected chi connectivity index (χ1v) is 13.9. The van der Waals surface area contributed by atoms with Gasteiger partial charge in [0, 0.05) is 25.2 Å². The molecule has 0 spiro atoms. The van der Waals surface area contributed by atoms with Gasteiger partial charge < -0.3 is 5.32 Å². The second-order valence-corrected chi connectivity index (χ2v) is 11.3. The Balaban J connectivity index is 1.24. The van der Waals surface area contributed by atoms with E-state index in [2.05, 4.69) is 40.5 Å². The minimum absolute atomic E-state index is 0.176. The van der Waals surface area contributed by atoms with Crippen LogP contribution in [0.2, 0.25) is 0 Å². The number of hydrogen-bond acceptors (Lipinski definition) is 4. The molecule has 6 nitrogen and oxygen atoms in total. The largest absolute Gasteiger partial charge is 0.348 e. The quantitative estimate of drug-likeness (QED) is 0.534. The molecule has 3 aromatic rings. The van der Waals surface area contributed by atoms with Crippen molar-refractivity contribution in [3.05, 3.63) is 89.5 Å². The molecule has 35 heavy (non-hydrogen) atoms. The lowest BCUT2D eigenvalue weighted by Crippen LogP contribution is -2.25. The highest BCUT2D eigenvalue weighted by Crippen LogP contribution is 2.26. The number of rotatable bonds is 7. The Morgan fingerprint density at radius 3 is 2.23 bits per heavy atom. The van der Waals surface area contributed by atoms with E-state index < -0.39 is 10.0 Å². The molecular weight excluding hydrogens is 458 g/mol. The van der Waals surface area contributed by atoms with Crippen LogP contribution in [0.15, 0.2) is 72.8 Å². The molecule has 2 heterocycles. The number of amides is 1. The van der Waals surface area contributed by atoms with E-state index in [1.165, 1.54) is 35.8 Å². The maximum absolute atomic E-state index is 12.8. The minimum Gasteiger partial charge on any atom is -0.348 e. The summed E-state index contributed by atoms with van der Waals surface area (Å²) < 4.78 is 25.7. The van der Waals surface area contributed by atoms with Crippen molar-refractivity contribution in [2.45, 2.75) is 32.4 Å². The van der Waals surface area contributed by atoms with Gasteiger partial charge in [-0.1, -0.05) is 48.5 Å². The number of carbonyl (C=O) groups is 1. The Morgan fingerprint density at radius 2 is 1.54 bits per heavy atom. The normalized spacial score (nSPS) is 17.5. The topological polar surface area (TPSA) is 69.7 Å². The van der Waals surface area contributed by atoms with Gasteiger partial charge in [0.15, 0.2) is 0 Å². The van der Waals surface area contributed by atoms with Gasteiger partial charge in [0.2, 0.25) is 10.0 Å². The first-order valence-electron chi connectivity index (χ1n) is 12.3. The molecule has 2 fully saturated rings. The number of sulfonamides is 1. The molecule has 0 radical (unpaired) electrons. The van der Waals surface area contributed by atoms with Crippen LogP contribution < -0.4 is 9.62 Å². The predicted molar refractivity (Wildman–Crippen MR) is 140 cm³/mol. The highest BCUT2D eigenvalue weighted by molar-refractivity contribution is 7.93. The Kier molecular flexibility index (Phi) is 6.88. The van der Waals surface area contributed by atoms with E-state index in [-0.39, 0.29) is 11.7 Å². The second-order valence-electron chi connectivity index (χ2n) is 9.31. The van der Waals surface area contributed by atoms with Crippen molar-refractivity contribution in [1.29, 1.82) is 0 Å². The van der Waals surface area contributed by atoms with Gasteiger partial charge in [-0.2, -0.15) is 0 Å². The number of likely N-dealkylation sites (tertiary alicyclic amines) is 1. The molecule has 2 aliphatic heterocycles. The third kappa shape index (κ3) is 5.41. The number of nitrogens with zero attached hydrogens (tertiary/aromatic N) is 2. The van der Waals surface area contributed by atoms with Gasteiger partial charge in [-0.05, 0) is 78.9 Å². The van der Waals surface area contributed by atoms with Gasteiger partial charge >= 0.3 is 0 Å². The number of anilines is 1. The number of carbonyl (C=O) groups excluding carboxylic acids is 1. The molecule has 1 N–H and O–H groups in total. The van der Waals surface area contributed by atoms with E-state index in [0.717, 1.165) is 23.2 Å². The van der Waals surface area contributed by atoms with Crippen molar-refractivity contribution in [2.75, 3.05) is 29.7 Å². The predicted octanol–water partition coefficient (Wildman–Crippen LogP) is 4.42. The Labute approximate surface area is 207 Å². The smallest absolute Gasteiger partial charge is 0.251 e. The average molecular weight is 490 g/mol. The van der Waals surface area contributed by atoms with Gasteiger partial charge in [-0.25, -0.2) is 8.42 Å². The molecule has 0 saturated carbocycles. The monoisotopic (exact) mass is 489 g/mol. The van der Waals surface area contributed by atoms with Crippen molar-refractivity contribution in [1.82, 2.24) is 10.2 Å². The number of hydrogen-bond donors (Lipinski definition) is 1. The van der Waals surface area contributed by atoms with E-state index in [9.17, 15) is 13.2 Å². The third-order valence-electron chi connectivity index (χ3n) is 6.84. The fourth-order valence-electron chi connectivity index (χ4n) is 4.93. The lowest BCUT2D eigenvalue weighted by atomic mass is 9.98. The molecule has 7 heteroatoms. The maximum Gasteiger partial charge on any atom is 0.251 e. The summed E-state index contributed by atoms with van der Waals surface area (Å²) >= 11 is 0. The Bertz CT molecular complexity index is 1280. The van der Waals surface area contributed by atoms with Gasteiger partial charge in [0.1, 0.15) is 0 Å². The van der Waals surface area contributed by atoms with Crippen LogP contribution in [-0.2, 0) is 23.1 Å². The molecule has 0 unspecified atom stereocenters. The Hall–Kier alpha value is -3.16. The summed E-state index contributed by atoms with van der Waals surface area (Å²) in [6.07, 6.45) is 3.22. The van der Waals surface area contributed by atoms with E-state index >= 15 is 0 Å². The molecule has 0 aromatic heterocycles. The summed E-state index contributed by atoms with van der Waals surface area (Å²) in [5.74, 6) is -0.00730. The minimum atomic E-state index is -3.23. The molecule has 0 bridgehead atoms. The van der Waals surface area contributed by atoms with Crippen molar-refractivity contribution in [2.24, 2.45) is 0 Å². The first kappa shape index (κ1) is 23.6. The van der Waals surface area contributed by atoms with Crippen LogP contribution >= 0.6 is 0 Å². The van der Waals surface area contributed by atoms with Crippen LogP contribution in [0.25, 0.3) is 11.1 Å². The summed E-state index contributed by atoms with van der Waals surface area (Å²) in [5.41, 5.74) is 5.73. The molecule has 5 rings (SSSR count). The summed E-state index contributed by atoms with van der Waals surface area (Å²) in [5, 5.41) is 3.01. The molecule has 0 atom stereocenters. The lowest BCUT2D eigenvalue weighted by molar-refractivity contribution is 0.0951. The number of benzene rings is 3. The zero-order valence-electron chi connectivity index (χ0n) is 19.8. The molecule has 3 aromatic carbocycles. The molecule has 2 saturated heterocycles. The molecule has 1 amide bonds. The fraction of sp³-hybridized carbons (Fsp3) is 0.321. The van der Waals surface area contributed by atoms with Gasteiger partial charge in [-0.15, -0.1) is 0 Å². The van der Waals surface area contributed by atoms with Crippen LogP contribution in [0.4, 0.5) is 5.69 Å². The van der Waals surface area contributed by atoms with Gasteiger partial charge in [0.25, 0.3) is 5.91 Å². The second kappa shape index (κ2) is 10.2.